The number of rotatable bonds is 5. The van der Waals surface area contributed by atoms with Gasteiger partial charge < -0.3 is 14.3 Å². The topological polar surface area (TPSA) is 81.2 Å². The van der Waals surface area contributed by atoms with E-state index >= 15 is 0 Å². The molecular formula is C17H15N3O3. The van der Waals surface area contributed by atoms with Crippen molar-refractivity contribution in [1.29, 1.82) is 0 Å². The third kappa shape index (κ3) is 2.52. The zero-order chi connectivity index (χ0) is 15.7. The van der Waals surface area contributed by atoms with Gasteiger partial charge in [0.05, 0.1) is 29.6 Å². The van der Waals surface area contributed by atoms with Crippen molar-refractivity contribution in [2.45, 2.75) is 24.8 Å². The summed E-state index contributed by atoms with van der Waals surface area (Å²) in [5, 5.41) is 7.01. The highest BCUT2D eigenvalue weighted by Gasteiger charge is 2.53. The van der Waals surface area contributed by atoms with Gasteiger partial charge in [-0.25, -0.2) is 0 Å². The summed E-state index contributed by atoms with van der Waals surface area (Å²) >= 11 is 0. The van der Waals surface area contributed by atoms with Crippen LogP contribution < -0.4 is 5.32 Å². The van der Waals surface area contributed by atoms with E-state index in [0.29, 0.717) is 23.8 Å². The van der Waals surface area contributed by atoms with E-state index < -0.39 is 5.41 Å². The Labute approximate surface area is 132 Å². The highest BCUT2D eigenvalue weighted by atomic mass is 16.5. The Balaban J connectivity index is 1.48. The largest absolute Gasteiger partial charge is 0.461 e. The first-order valence-electron chi connectivity index (χ1n) is 7.47. The molecule has 1 amide bonds. The zero-order valence-electron chi connectivity index (χ0n) is 12.4. The molecule has 0 aliphatic heterocycles. The molecule has 3 aromatic rings. The van der Waals surface area contributed by atoms with Gasteiger partial charge in [-0.1, -0.05) is 11.2 Å². The molecule has 6 heteroatoms. The summed E-state index contributed by atoms with van der Waals surface area (Å²) < 4.78 is 10.6. The van der Waals surface area contributed by atoms with E-state index in [-0.39, 0.29) is 5.91 Å². The number of nitrogens with one attached hydrogen (secondary N) is 1. The Morgan fingerprint density at radius 3 is 2.83 bits per heavy atom. The van der Waals surface area contributed by atoms with Crippen LogP contribution in [0.25, 0.3) is 11.5 Å². The first kappa shape index (κ1) is 13.8. The van der Waals surface area contributed by atoms with Crippen molar-refractivity contribution in [2.75, 3.05) is 0 Å². The molecule has 3 aromatic heterocycles. The zero-order valence-corrected chi connectivity index (χ0v) is 12.4. The van der Waals surface area contributed by atoms with Gasteiger partial charge in [0.25, 0.3) is 0 Å². The first-order chi connectivity index (χ1) is 11.3. The van der Waals surface area contributed by atoms with Gasteiger partial charge in [-0.05, 0) is 37.1 Å². The predicted molar refractivity (Wildman–Crippen MR) is 81.2 cm³/mol. The van der Waals surface area contributed by atoms with E-state index in [1.165, 1.54) is 0 Å². The molecule has 1 N–H and O–H groups in total. The van der Waals surface area contributed by atoms with Crippen molar-refractivity contribution in [1.82, 2.24) is 15.5 Å². The molecule has 0 unspecified atom stereocenters. The van der Waals surface area contributed by atoms with Crippen LogP contribution in [0.3, 0.4) is 0 Å². The summed E-state index contributed by atoms with van der Waals surface area (Å²) in [6.45, 7) is 0.407. The second kappa shape index (κ2) is 5.39. The van der Waals surface area contributed by atoms with Gasteiger partial charge in [-0.15, -0.1) is 0 Å². The molecule has 116 valence electrons. The van der Waals surface area contributed by atoms with Crippen LogP contribution in [0.5, 0.6) is 0 Å². The summed E-state index contributed by atoms with van der Waals surface area (Å²) in [4.78, 5) is 16.8. The smallest absolute Gasteiger partial charge is 0.232 e. The van der Waals surface area contributed by atoms with Crippen LogP contribution in [0.15, 0.2) is 57.8 Å². The molecule has 0 atom stereocenters. The van der Waals surface area contributed by atoms with Gasteiger partial charge in [-0.2, -0.15) is 0 Å². The highest BCUT2D eigenvalue weighted by molar-refractivity contribution is 5.90. The van der Waals surface area contributed by atoms with Gasteiger partial charge >= 0.3 is 0 Å². The number of amides is 1. The first-order valence-corrected chi connectivity index (χ1v) is 7.47. The fourth-order valence-electron chi connectivity index (χ4n) is 2.60. The highest BCUT2D eigenvalue weighted by Crippen LogP contribution is 2.48. The quantitative estimate of drug-likeness (QED) is 0.783. The Kier molecular flexibility index (Phi) is 3.22. The van der Waals surface area contributed by atoms with Crippen LogP contribution >= 0.6 is 0 Å². The number of hydrogen-bond donors (Lipinski definition) is 1. The number of furan rings is 1. The SMILES string of the molecule is O=C(NCc1ccccn1)C1(c2cc(-c3ccco3)on2)CC1. The lowest BCUT2D eigenvalue weighted by Crippen LogP contribution is -2.34. The lowest BCUT2D eigenvalue weighted by Gasteiger charge is -2.11. The number of aromatic nitrogens is 2. The van der Waals surface area contributed by atoms with Crippen molar-refractivity contribution in [3.05, 3.63) is 60.2 Å². The van der Waals surface area contributed by atoms with Gasteiger partial charge in [0.2, 0.25) is 11.7 Å². The number of pyridine rings is 1. The second-order valence-electron chi connectivity index (χ2n) is 5.64. The van der Waals surface area contributed by atoms with Crippen LogP contribution in [0, 0.1) is 0 Å². The van der Waals surface area contributed by atoms with E-state index in [0.717, 1.165) is 18.5 Å². The maximum atomic E-state index is 12.6. The van der Waals surface area contributed by atoms with Crippen LogP contribution in [0.2, 0.25) is 0 Å². The van der Waals surface area contributed by atoms with E-state index in [2.05, 4.69) is 15.5 Å². The molecule has 23 heavy (non-hydrogen) atoms. The Morgan fingerprint density at radius 1 is 1.22 bits per heavy atom. The number of carbonyl (C=O) groups excluding carboxylic acids is 1. The van der Waals surface area contributed by atoms with Crippen molar-refractivity contribution < 1.29 is 13.7 Å². The van der Waals surface area contributed by atoms with Crippen LogP contribution in [0.1, 0.15) is 24.2 Å². The maximum Gasteiger partial charge on any atom is 0.232 e. The maximum absolute atomic E-state index is 12.6. The van der Waals surface area contributed by atoms with Crippen LogP contribution in [-0.4, -0.2) is 16.0 Å². The lowest BCUT2D eigenvalue weighted by molar-refractivity contribution is -0.123. The summed E-state index contributed by atoms with van der Waals surface area (Å²) in [7, 11) is 0. The number of carbonyl (C=O) groups is 1. The van der Waals surface area contributed by atoms with E-state index in [4.69, 9.17) is 8.94 Å². The van der Waals surface area contributed by atoms with Crippen LogP contribution in [-0.2, 0) is 16.8 Å². The number of hydrogen-bond acceptors (Lipinski definition) is 5. The molecule has 0 bridgehead atoms. The van der Waals surface area contributed by atoms with Gasteiger partial charge in [0, 0.05) is 12.3 Å². The monoisotopic (exact) mass is 309 g/mol. The average molecular weight is 309 g/mol. The fourth-order valence-corrected chi connectivity index (χ4v) is 2.60. The van der Waals surface area contributed by atoms with E-state index in [1.807, 2.05) is 18.2 Å². The summed E-state index contributed by atoms with van der Waals surface area (Å²) in [5.41, 5.74) is 0.902. The molecule has 6 nitrogen and oxygen atoms in total. The van der Waals surface area contributed by atoms with Crippen molar-refractivity contribution >= 4 is 5.91 Å². The summed E-state index contributed by atoms with van der Waals surface area (Å²) in [5.74, 6) is 1.10. The molecule has 1 fully saturated rings. The third-order valence-electron chi connectivity index (χ3n) is 4.11. The number of nitrogens with zero attached hydrogens (tertiary/aromatic N) is 2. The molecule has 0 spiro atoms. The summed E-state index contributed by atoms with van der Waals surface area (Å²) in [6.07, 6.45) is 4.82. The molecule has 3 heterocycles. The minimum atomic E-state index is -0.580. The third-order valence-corrected chi connectivity index (χ3v) is 4.11. The molecule has 1 saturated carbocycles. The Bertz CT molecular complexity index is 805. The summed E-state index contributed by atoms with van der Waals surface area (Å²) in [6, 6.07) is 11.0. The van der Waals surface area contributed by atoms with Crippen LogP contribution in [0.4, 0.5) is 0 Å². The van der Waals surface area contributed by atoms with Crippen molar-refractivity contribution in [3.8, 4) is 11.5 Å². The van der Waals surface area contributed by atoms with Gasteiger partial charge in [-0.3, -0.25) is 9.78 Å². The minimum Gasteiger partial charge on any atom is -0.461 e. The molecule has 4 rings (SSSR count). The van der Waals surface area contributed by atoms with Gasteiger partial charge in [0.15, 0.2) is 5.76 Å². The molecule has 0 radical (unpaired) electrons. The molecule has 1 aliphatic rings. The average Bonchev–Trinajstić information content (AvgIpc) is 3.02. The molecule has 0 saturated heterocycles. The fraction of sp³-hybridized carbons (Fsp3) is 0.235. The Morgan fingerprint density at radius 2 is 2.13 bits per heavy atom. The molecular weight excluding hydrogens is 294 g/mol. The van der Waals surface area contributed by atoms with E-state index in [9.17, 15) is 4.79 Å². The molecule has 1 aliphatic carbocycles. The normalized spacial score (nSPS) is 15.3. The minimum absolute atomic E-state index is 0.0394. The van der Waals surface area contributed by atoms with E-state index in [1.54, 1.807) is 30.7 Å². The standard InChI is InChI=1S/C17H15N3O3/c21-16(19-11-12-4-1-2-8-18-12)17(6-7-17)15-10-14(23-20-15)13-5-3-9-22-13/h1-5,8-10H,6-7,11H2,(H,19,21). The van der Waals surface area contributed by atoms with Crippen molar-refractivity contribution in [2.24, 2.45) is 0 Å². The van der Waals surface area contributed by atoms with Gasteiger partial charge in [0.1, 0.15) is 0 Å². The lowest BCUT2D eigenvalue weighted by atomic mass is 10.0. The molecule has 0 aromatic carbocycles. The Hall–Kier alpha value is -2.89. The van der Waals surface area contributed by atoms with Crippen molar-refractivity contribution in [3.63, 3.8) is 0 Å². The second-order valence-corrected chi connectivity index (χ2v) is 5.64. The predicted octanol–water partition coefficient (Wildman–Crippen LogP) is 2.68.